The van der Waals surface area contributed by atoms with Crippen LogP contribution in [0.15, 0.2) is 6.07 Å². The second-order valence-corrected chi connectivity index (χ2v) is 5.84. The molecule has 0 radical (unpaired) electrons. The zero-order chi connectivity index (χ0) is 14.0. The molecule has 0 saturated heterocycles. The summed E-state index contributed by atoms with van der Waals surface area (Å²) in [4.78, 5) is 14.2. The minimum atomic E-state index is -0.467. The molecule has 0 spiro atoms. The lowest BCUT2D eigenvalue weighted by Crippen LogP contribution is -2.30. The molecule has 1 aromatic rings. The van der Waals surface area contributed by atoms with Crippen molar-refractivity contribution in [1.82, 2.24) is 9.47 Å². The fraction of sp³-hybridized carbons (Fsp3) is 0.643. The van der Waals surface area contributed by atoms with E-state index in [4.69, 9.17) is 11.6 Å². The molecule has 102 valence electrons. The summed E-state index contributed by atoms with van der Waals surface area (Å²) >= 11 is 5.89. The van der Waals surface area contributed by atoms with Crippen LogP contribution in [0.5, 0.6) is 0 Å². The summed E-state index contributed by atoms with van der Waals surface area (Å²) in [7, 11) is 4.12. The molecule has 0 bridgehead atoms. The molecule has 0 aromatic carbocycles. The first-order valence-corrected chi connectivity index (χ1v) is 6.70. The predicted molar refractivity (Wildman–Crippen MR) is 76.7 cm³/mol. The number of Topliss-reactive ketones (excluding diaryl/α,β-unsaturated/α-hetero) is 1. The average molecular weight is 271 g/mol. The number of hydrogen-bond acceptors (Lipinski definition) is 2. The van der Waals surface area contributed by atoms with Gasteiger partial charge in [0.25, 0.3) is 0 Å². The molecule has 0 aliphatic heterocycles. The minimum Gasteiger partial charge on any atom is -0.347 e. The number of hydrogen-bond donors (Lipinski definition) is 0. The van der Waals surface area contributed by atoms with Crippen LogP contribution < -0.4 is 0 Å². The van der Waals surface area contributed by atoms with Gasteiger partial charge in [0.15, 0.2) is 5.78 Å². The van der Waals surface area contributed by atoms with Gasteiger partial charge >= 0.3 is 0 Å². The van der Waals surface area contributed by atoms with E-state index < -0.39 is 5.38 Å². The van der Waals surface area contributed by atoms with Crippen molar-refractivity contribution in [3.05, 3.63) is 23.0 Å². The van der Waals surface area contributed by atoms with Crippen molar-refractivity contribution in [1.29, 1.82) is 0 Å². The van der Waals surface area contributed by atoms with Gasteiger partial charge in [-0.15, -0.1) is 11.6 Å². The fourth-order valence-corrected chi connectivity index (χ4v) is 2.09. The van der Waals surface area contributed by atoms with Crippen LogP contribution in [0, 0.1) is 13.8 Å². The molecular formula is C14H23ClN2O. The average Bonchev–Trinajstić information content (AvgIpc) is 2.55. The van der Waals surface area contributed by atoms with Crippen molar-refractivity contribution in [3.63, 3.8) is 0 Å². The molecule has 0 amide bonds. The molecule has 0 N–H and O–H groups in total. The number of aromatic nitrogens is 1. The van der Waals surface area contributed by atoms with E-state index in [1.54, 1.807) is 6.92 Å². The Hall–Kier alpha value is -0.800. The number of carbonyl (C=O) groups is 1. The third kappa shape index (κ3) is 3.15. The van der Waals surface area contributed by atoms with Crippen LogP contribution in [-0.4, -0.2) is 40.8 Å². The topological polar surface area (TPSA) is 25.2 Å². The number of nitrogens with zero attached hydrogens (tertiary/aromatic N) is 2. The Balaban J connectivity index is 3.05. The molecule has 1 aromatic heterocycles. The zero-order valence-electron chi connectivity index (χ0n) is 12.1. The summed E-state index contributed by atoms with van der Waals surface area (Å²) in [6.45, 7) is 8.80. The second-order valence-electron chi connectivity index (χ2n) is 5.19. The van der Waals surface area contributed by atoms with Crippen molar-refractivity contribution >= 4 is 17.4 Å². The smallest absolute Gasteiger partial charge is 0.182 e. The maximum atomic E-state index is 12.0. The molecule has 0 aliphatic carbocycles. The van der Waals surface area contributed by atoms with Gasteiger partial charge in [-0.25, -0.2) is 0 Å². The van der Waals surface area contributed by atoms with Crippen LogP contribution >= 0.6 is 11.6 Å². The lowest BCUT2D eigenvalue weighted by Gasteiger charge is -2.22. The highest BCUT2D eigenvalue weighted by Crippen LogP contribution is 2.19. The first-order valence-electron chi connectivity index (χ1n) is 6.27. The Morgan fingerprint density at radius 1 is 1.39 bits per heavy atom. The lowest BCUT2D eigenvalue weighted by atomic mass is 10.1. The molecule has 0 aliphatic rings. The maximum Gasteiger partial charge on any atom is 0.182 e. The molecule has 4 heteroatoms. The van der Waals surface area contributed by atoms with Gasteiger partial charge in [0, 0.05) is 29.5 Å². The third-order valence-corrected chi connectivity index (χ3v) is 3.73. The van der Waals surface area contributed by atoms with Crippen LogP contribution in [0.25, 0.3) is 0 Å². The number of alkyl halides is 1. The molecule has 0 fully saturated rings. The SMILES string of the molecule is Cc1cc(C(=O)C(C)Cl)c(C)n1CC(C)N(C)C. The normalized spacial score (nSPS) is 14.9. The largest absolute Gasteiger partial charge is 0.347 e. The van der Waals surface area contributed by atoms with Crippen LogP contribution in [0.2, 0.25) is 0 Å². The molecule has 3 nitrogen and oxygen atoms in total. The summed E-state index contributed by atoms with van der Waals surface area (Å²) in [5, 5.41) is -0.467. The fourth-order valence-electron chi connectivity index (χ4n) is 1.97. The summed E-state index contributed by atoms with van der Waals surface area (Å²) < 4.78 is 2.19. The van der Waals surface area contributed by atoms with E-state index in [9.17, 15) is 4.79 Å². The predicted octanol–water partition coefficient (Wildman–Crippen LogP) is 2.87. The Kier molecular flexibility index (Phi) is 5.00. The van der Waals surface area contributed by atoms with Gasteiger partial charge in [-0.05, 0) is 47.9 Å². The van der Waals surface area contributed by atoms with Crippen LogP contribution in [0.3, 0.4) is 0 Å². The molecule has 2 unspecified atom stereocenters. The first kappa shape index (κ1) is 15.3. The number of halogens is 1. The summed E-state index contributed by atoms with van der Waals surface area (Å²) in [5.74, 6) is 0.00789. The van der Waals surface area contributed by atoms with E-state index in [0.29, 0.717) is 6.04 Å². The number of aryl methyl sites for hydroxylation is 1. The van der Waals surface area contributed by atoms with E-state index in [2.05, 4.69) is 30.5 Å². The Labute approximate surface area is 115 Å². The molecule has 0 saturated carbocycles. The van der Waals surface area contributed by atoms with E-state index in [1.807, 2.05) is 19.9 Å². The van der Waals surface area contributed by atoms with Crippen molar-refractivity contribution < 1.29 is 4.79 Å². The van der Waals surface area contributed by atoms with Gasteiger partial charge in [0.1, 0.15) is 0 Å². The van der Waals surface area contributed by atoms with E-state index in [1.165, 1.54) is 0 Å². The molecular weight excluding hydrogens is 248 g/mol. The third-order valence-electron chi connectivity index (χ3n) is 3.53. The highest BCUT2D eigenvalue weighted by Gasteiger charge is 2.20. The van der Waals surface area contributed by atoms with E-state index >= 15 is 0 Å². The Morgan fingerprint density at radius 2 is 1.94 bits per heavy atom. The highest BCUT2D eigenvalue weighted by atomic mass is 35.5. The number of likely N-dealkylation sites (N-methyl/N-ethyl adjacent to an activating group) is 1. The summed E-state index contributed by atoms with van der Waals surface area (Å²) in [5.41, 5.74) is 2.88. The van der Waals surface area contributed by atoms with E-state index in [0.717, 1.165) is 23.5 Å². The van der Waals surface area contributed by atoms with Gasteiger partial charge in [0.2, 0.25) is 0 Å². The number of rotatable bonds is 5. The van der Waals surface area contributed by atoms with Gasteiger partial charge < -0.3 is 9.47 Å². The number of ketones is 1. The van der Waals surface area contributed by atoms with Crippen molar-refractivity contribution in [3.8, 4) is 0 Å². The monoisotopic (exact) mass is 270 g/mol. The van der Waals surface area contributed by atoms with Gasteiger partial charge in [0.05, 0.1) is 5.38 Å². The molecule has 2 atom stereocenters. The van der Waals surface area contributed by atoms with Crippen molar-refractivity contribution in [2.24, 2.45) is 0 Å². The maximum absolute atomic E-state index is 12.0. The van der Waals surface area contributed by atoms with Gasteiger partial charge in [-0.2, -0.15) is 0 Å². The lowest BCUT2D eigenvalue weighted by molar-refractivity contribution is 0.0991. The quantitative estimate of drug-likeness (QED) is 0.607. The highest BCUT2D eigenvalue weighted by molar-refractivity contribution is 6.33. The number of carbonyl (C=O) groups excluding carboxylic acids is 1. The van der Waals surface area contributed by atoms with E-state index in [-0.39, 0.29) is 5.78 Å². The van der Waals surface area contributed by atoms with Crippen LogP contribution in [-0.2, 0) is 6.54 Å². The summed E-state index contributed by atoms with van der Waals surface area (Å²) in [6, 6.07) is 2.37. The Bertz CT molecular complexity index is 435. The van der Waals surface area contributed by atoms with Gasteiger partial charge in [-0.3, -0.25) is 4.79 Å². The standard InChI is InChI=1S/C14H23ClN2O/c1-9-7-13(14(18)11(3)15)12(4)17(9)8-10(2)16(5)6/h7,10-11H,8H2,1-6H3. The van der Waals surface area contributed by atoms with Crippen molar-refractivity contribution in [2.45, 2.75) is 45.7 Å². The zero-order valence-corrected chi connectivity index (χ0v) is 12.9. The second kappa shape index (κ2) is 5.89. The Morgan fingerprint density at radius 3 is 2.39 bits per heavy atom. The van der Waals surface area contributed by atoms with Crippen LogP contribution in [0.1, 0.15) is 35.6 Å². The van der Waals surface area contributed by atoms with Crippen molar-refractivity contribution in [2.75, 3.05) is 14.1 Å². The van der Waals surface area contributed by atoms with Crippen LogP contribution in [0.4, 0.5) is 0 Å². The molecule has 1 rings (SSSR count). The minimum absolute atomic E-state index is 0.00789. The molecule has 18 heavy (non-hydrogen) atoms. The summed E-state index contributed by atoms with van der Waals surface area (Å²) in [6.07, 6.45) is 0. The van der Waals surface area contributed by atoms with Gasteiger partial charge in [-0.1, -0.05) is 0 Å². The first-order chi connectivity index (χ1) is 8.25. The molecule has 1 heterocycles.